The summed E-state index contributed by atoms with van der Waals surface area (Å²) in [6.45, 7) is 9.65. The van der Waals surface area contributed by atoms with E-state index in [-0.39, 0.29) is 53.4 Å². The molecule has 1 aromatic carbocycles. The van der Waals surface area contributed by atoms with Crippen molar-refractivity contribution in [2.24, 2.45) is 11.3 Å². The van der Waals surface area contributed by atoms with Crippen LogP contribution in [0.25, 0.3) is 10.9 Å². The van der Waals surface area contributed by atoms with E-state index >= 15 is 0 Å². The Hall–Kier alpha value is -3.23. The Morgan fingerprint density at radius 1 is 1.18 bits per heavy atom. The number of rotatable bonds is 5. The van der Waals surface area contributed by atoms with Gasteiger partial charge < -0.3 is 15.0 Å². The number of aromatic nitrogens is 2. The third kappa shape index (κ3) is 5.27. The van der Waals surface area contributed by atoms with E-state index in [1.165, 1.54) is 6.92 Å². The molecule has 9 nitrogen and oxygen atoms in total. The van der Waals surface area contributed by atoms with E-state index in [0.29, 0.717) is 36.2 Å². The summed E-state index contributed by atoms with van der Waals surface area (Å²) in [5.41, 5.74) is 1.84. The fourth-order valence-electron chi connectivity index (χ4n) is 6.76. The summed E-state index contributed by atoms with van der Waals surface area (Å²) in [5, 5.41) is 8.49. The summed E-state index contributed by atoms with van der Waals surface area (Å²) in [6.07, 6.45) is 6.00. The van der Waals surface area contributed by atoms with Gasteiger partial charge in [-0.05, 0) is 63.6 Å². The fourth-order valence-corrected chi connectivity index (χ4v) is 6.76. The first-order valence-corrected chi connectivity index (χ1v) is 14.9. The Labute approximate surface area is 236 Å². The zero-order valence-electron chi connectivity index (χ0n) is 24.4. The lowest BCUT2D eigenvalue weighted by atomic mass is 9.95. The first-order chi connectivity index (χ1) is 19.0. The minimum absolute atomic E-state index is 0.0353. The molecule has 1 N–H and O–H groups in total. The van der Waals surface area contributed by atoms with Gasteiger partial charge in [0.25, 0.3) is 0 Å². The van der Waals surface area contributed by atoms with Crippen molar-refractivity contribution >= 4 is 34.3 Å². The number of ether oxygens (including phenoxy) is 1. The van der Waals surface area contributed by atoms with Crippen molar-refractivity contribution < 1.29 is 23.9 Å². The van der Waals surface area contributed by atoms with Gasteiger partial charge >= 0.3 is 0 Å². The summed E-state index contributed by atoms with van der Waals surface area (Å²) >= 11 is 0. The van der Waals surface area contributed by atoms with E-state index < -0.39 is 6.04 Å². The van der Waals surface area contributed by atoms with Gasteiger partial charge in [-0.25, -0.2) is 0 Å². The van der Waals surface area contributed by atoms with Gasteiger partial charge in [0.1, 0.15) is 18.0 Å². The van der Waals surface area contributed by atoms with Gasteiger partial charge in [0, 0.05) is 42.7 Å². The van der Waals surface area contributed by atoms with Gasteiger partial charge in [0.2, 0.25) is 11.8 Å². The molecule has 3 heterocycles. The van der Waals surface area contributed by atoms with Gasteiger partial charge in [0.05, 0.1) is 17.7 Å². The number of nitrogens with one attached hydrogen (secondary N) is 1. The number of nitrogens with zero attached hydrogens (tertiary/aromatic N) is 3. The standard InChI is InChI=1S/C31H42N4O5/c1-6-25(37)24-14-31-15-26(31)35(24)27(38)16-34-29-21(11-9-7-8-10-19(4)30(39)32-17-31)12-22(40-18(2)3)13-23(29)28(33-34)20(5)36/h12-13,18-19,24,26H,6-11,14-17H2,1-5H3,(H,32,39)/t19-,24-,26+,31-/m0/s1. The number of amides is 2. The lowest BCUT2D eigenvalue weighted by molar-refractivity contribution is -0.139. The van der Waals surface area contributed by atoms with E-state index in [1.807, 2.05) is 39.8 Å². The quantitative estimate of drug-likeness (QED) is 0.558. The second-order valence-corrected chi connectivity index (χ2v) is 12.3. The molecule has 0 unspecified atom stereocenters. The van der Waals surface area contributed by atoms with Crippen LogP contribution in [0, 0.1) is 11.3 Å². The molecular weight excluding hydrogens is 508 g/mol. The molecule has 5 rings (SSSR count). The maximum atomic E-state index is 14.0. The highest BCUT2D eigenvalue weighted by atomic mass is 16.5. The monoisotopic (exact) mass is 550 g/mol. The minimum Gasteiger partial charge on any atom is -0.491 e. The van der Waals surface area contributed by atoms with Crippen LogP contribution in [0.2, 0.25) is 0 Å². The van der Waals surface area contributed by atoms with E-state index in [2.05, 4.69) is 10.4 Å². The maximum Gasteiger partial charge on any atom is 0.245 e. The molecule has 2 aliphatic heterocycles. The predicted molar refractivity (Wildman–Crippen MR) is 151 cm³/mol. The molecule has 216 valence electrons. The number of ketones is 2. The molecule has 9 heteroatoms. The van der Waals surface area contributed by atoms with Crippen LogP contribution < -0.4 is 10.1 Å². The zero-order chi connectivity index (χ0) is 28.8. The molecule has 1 saturated heterocycles. The molecule has 2 bridgehead atoms. The van der Waals surface area contributed by atoms with Crippen molar-refractivity contribution in [3.63, 3.8) is 0 Å². The number of benzene rings is 1. The topological polar surface area (TPSA) is 111 Å². The number of carbonyl (C=O) groups is 4. The number of aryl methyl sites for hydroxylation is 1. The van der Waals surface area contributed by atoms with Gasteiger partial charge in [-0.2, -0.15) is 5.10 Å². The van der Waals surface area contributed by atoms with Crippen LogP contribution in [0.4, 0.5) is 0 Å². The van der Waals surface area contributed by atoms with E-state index in [9.17, 15) is 19.2 Å². The predicted octanol–water partition coefficient (Wildman–Crippen LogP) is 4.23. The molecule has 0 radical (unpaired) electrons. The Morgan fingerprint density at radius 2 is 1.95 bits per heavy atom. The third-order valence-corrected chi connectivity index (χ3v) is 8.96. The summed E-state index contributed by atoms with van der Waals surface area (Å²) in [5.74, 6) is 0.332. The number of piperidine rings is 1. The van der Waals surface area contributed by atoms with Crippen molar-refractivity contribution in [2.45, 2.75) is 111 Å². The maximum absolute atomic E-state index is 14.0. The second kappa shape index (κ2) is 11.0. The zero-order valence-corrected chi connectivity index (χ0v) is 24.4. The first kappa shape index (κ1) is 28.3. The highest BCUT2D eigenvalue weighted by Gasteiger charge is 2.66. The third-order valence-electron chi connectivity index (χ3n) is 8.96. The molecule has 2 aromatic rings. The van der Waals surface area contributed by atoms with Crippen LogP contribution >= 0.6 is 0 Å². The number of Topliss-reactive ketones (excluding diaryl/α,β-unsaturated/α-hetero) is 2. The first-order valence-electron chi connectivity index (χ1n) is 14.9. The Morgan fingerprint density at radius 3 is 2.65 bits per heavy atom. The summed E-state index contributed by atoms with van der Waals surface area (Å²) in [7, 11) is 0. The normalized spacial score (nSPS) is 27.4. The molecule has 2 fully saturated rings. The van der Waals surface area contributed by atoms with Crippen LogP contribution in [0.5, 0.6) is 5.75 Å². The average molecular weight is 551 g/mol. The summed E-state index contributed by atoms with van der Waals surface area (Å²) in [4.78, 5) is 54.3. The Bertz CT molecular complexity index is 1350. The van der Waals surface area contributed by atoms with Crippen molar-refractivity contribution in [1.29, 1.82) is 0 Å². The van der Waals surface area contributed by atoms with Crippen molar-refractivity contribution in [1.82, 2.24) is 20.0 Å². The number of carbonyl (C=O) groups excluding carboxylic acids is 4. The number of hydrogen-bond donors (Lipinski definition) is 1. The highest BCUT2D eigenvalue weighted by Crippen LogP contribution is 2.59. The lowest BCUT2D eigenvalue weighted by Crippen LogP contribution is -2.44. The van der Waals surface area contributed by atoms with Crippen LogP contribution in [-0.2, 0) is 27.3 Å². The largest absolute Gasteiger partial charge is 0.491 e. The molecular formula is C31H42N4O5. The number of hydrogen-bond acceptors (Lipinski definition) is 6. The van der Waals surface area contributed by atoms with Gasteiger partial charge in [-0.1, -0.05) is 26.7 Å². The fraction of sp³-hybridized carbons (Fsp3) is 0.645. The average Bonchev–Trinajstić information content (AvgIpc) is 3.31. The Balaban J connectivity index is 1.58. The minimum atomic E-state index is -0.496. The van der Waals surface area contributed by atoms with Gasteiger partial charge in [-0.3, -0.25) is 23.9 Å². The molecule has 3 aliphatic rings. The van der Waals surface area contributed by atoms with Crippen LogP contribution in [0.1, 0.15) is 95.6 Å². The van der Waals surface area contributed by atoms with E-state index in [1.54, 1.807) is 9.58 Å². The molecule has 1 aliphatic carbocycles. The van der Waals surface area contributed by atoms with E-state index in [4.69, 9.17) is 4.74 Å². The van der Waals surface area contributed by atoms with Crippen molar-refractivity contribution in [3.8, 4) is 5.75 Å². The molecule has 2 amide bonds. The van der Waals surface area contributed by atoms with Crippen LogP contribution in [-0.4, -0.2) is 62.8 Å². The highest BCUT2D eigenvalue weighted by molar-refractivity contribution is 6.06. The van der Waals surface area contributed by atoms with Crippen molar-refractivity contribution in [3.05, 3.63) is 23.4 Å². The smallest absolute Gasteiger partial charge is 0.245 e. The molecule has 40 heavy (non-hydrogen) atoms. The van der Waals surface area contributed by atoms with Gasteiger partial charge in [-0.15, -0.1) is 0 Å². The summed E-state index contributed by atoms with van der Waals surface area (Å²) < 4.78 is 7.71. The molecule has 4 atom stereocenters. The van der Waals surface area contributed by atoms with Crippen LogP contribution in [0.3, 0.4) is 0 Å². The van der Waals surface area contributed by atoms with Gasteiger partial charge in [0.15, 0.2) is 11.6 Å². The van der Waals surface area contributed by atoms with Crippen molar-refractivity contribution in [2.75, 3.05) is 6.54 Å². The second-order valence-electron chi connectivity index (χ2n) is 12.3. The van der Waals surface area contributed by atoms with Crippen LogP contribution in [0.15, 0.2) is 12.1 Å². The molecule has 0 spiro atoms. The molecule has 1 saturated carbocycles. The van der Waals surface area contributed by atoms with E-state index in [0.717, 1.165) is 49.6 Å². The Kier molecular flexibility index (Phi) is 7.77. The molecule has 1 aromatic heterocycles. The lowest BCUT2D eigenvalue weighted by Gasteiger charge is -2.26. The summed E-state index contributed by atoms with van der Waals surface area (Å²) in [6, 6.07) is 3.29. The SMILES string of the molecule is CCC(=O)[C@@H]1C[C@]23CNC(=O)[C@@H](C)CCCCCc4cc(OC(C)C)cc5c(C(C)=O)nn(c45)CC(=O)N1[C@@H]2C3.